The fraction of sp³-hybridized carbons (Fsp3) is 0.250. The van der Waals surface area contributed by atoms with E-state index in [-0.39, 0.29) is 47.3 Å². The Hall–Kier alpha value is -4.26. The first-order chi connectivity index (χ1) is 18.2. The van der Waals surface area contributed by atoms with Crippen LogP contribution in [-0.2, 0) is 9.53 Å². The van der Waals surface area contributed by atoms with E-state index in [4.69, 9.17) is 21.1 Å². The number of amides is 2. The van der Waals surface area contributed by atoms with E-state index in [0.717, 1.165) is 0 Å². The van der Waals surface area contributed by atoms with Gasteiger partial charge >= 0.3 is 5.97 Å². The highest BCUT2D eigenvalue weighted by molar-refractivity contribution is 6.57. The van der Waals surface area contributed by atoms with Crippen LogP contribution in [0.2, 0.25) is 5.02 Å². The van der Waals surface area contributed by atoms with Crippen LogP contribution in [0.25, 0.3) is 11.4 Å². The van der Waals surface area contributed by atoms with Crippen molar-refractivity contribution >= 4 is 48.6 Å². The Morgan fingerprint density at radius 3 is 2.71 bits per heavy atom. The number of carbonyl (C=O) groups excluding carboxylic acids is 3. The molecule has 2 N–H and O–H groups in total. The molecule has 2 aromatic heterocycles. The summed E-state index contributed by atoms with van der Waals surface area (Å²) in [4.78, 5) is 51.3. The topological polar surface area (TPSA) is 136 Å². The van der Waals surface area contributed by atoms with Gasteiger partial charge in [-0.1, -0.05) is 11.6 Å². The number of nitrogens with one attached hydrogen (secondary N) is 2. The fourth-order valence-electron chi connectivity index (χ4n) is 4.13. The van der Waals surface area contributed by atoms with Crippen LogP contribution >= 0.6 is 11.6 Å². The summed E-state index contributed by atoms with van der Waals surface area (Å²) in [5.41, 5.74) is 0.588. The van der Waals surface area contributed by atoms with Gasteiger partial charge in [0.25, 0.3) is 5.91 Å². The zero-order valence-electron chi connectivity index (χ0n) is 20.7. The smallest absolute Gasteiger partial charge is 0.328 e. The summed E-state index contributed by atoms with van der Waals surface area (Å²) in [6, 6.07) is 4.31. The third-order valence-electron chi connectivity index (χ3n) is 5.98. The molecule has 196 valence electrons. The molecular weight excluding hydrogens is 518 g/mol. The SMILES string of the molecule is BC(=O)N1C[C@H](NC(=O)c2cnccc2Nc2nc(-c3cc(Cl)ccc3F)ncc2OC)CC1C(=O)OC. The number of methoxy groups -OCH3 is 2. The lowest BCUT2D eigenvalue weighted by atomic mass is 10.1. The highest BCUT2D eigenvalue weighted by atomic mass is 35.5. The van der Waals surface area contributed by atoms with Crippen LogP contribution in [0.1, 0.15) is 16.8 Å². The average Bonchev–Trinajstić information content (AvgIpc) is 3.34. The Balaban J connectivity index is 1.59. The zero-order valence-corrected chi connectivity index (χ0v) is 21.5. The van der Waals surface area contributed by atoms with Crippen molar-refractivity contribution in [1.82, 2.24) is 25.2 Å². The first-order valence-electron chi connectivity index (χ1n) is 11.4. The number of pyridine rings is 1. The molecular formula is C24H23BClFN6O5. The molecule has 1 aromatic carbocycles. The minimum atomic E-state index is -0.787. The van der Waals surface area contributed by atoms with E-state index < -0.39 is 29.8 Å². The second kappa shape index (κ2) is 11.4. The van der Waals surface area contributed by atoms with E-state index in [9.17, 15) is 18.8 Å². The molecule has 1 fully saturated rings. The lowest BCUT2D eigenvalue weighted by molar-refractivity contribution is -0.144. The molecule has 11 nitrogen and oxygen atoms in total. The molecule has 2 atom stereocenters. The summed E-state index contributed by atoms with van der Waals surface area (Å²) in [6.45, 7) is 0.151. The van der Waals surface area contributed by atoms with E-state index in [1.807, 2.05) is 0 Å². The van der Waals surface area contributed by atoms with E-state index in [1.165, 1.54) is 63.8 Å². The number of nitrogens with zero attached hydrogens (tertiary/aromatic N) is 4. The molecule has 14 heteroatoms. The molecule has 0 saturated carbocycles. The van der Waals surface area contributed by atoms with Crippen LogP contribution in [0.3, 0.4) is 0 Å². The second-order valence-electron chi connectivity index (χ2n) is 8.40. The van der Waals surface area contributed by atoms with E-state index >= 15 is 0 Å². The van der Waals surface area contributed by atoms with Gasteiger partial charge in [-0.3, -0.25) is 14.6 Å². The van der Waals surface area contributed by atoms with Crippen molar-refractivity contribution in [2.45, 2.75) is 18.5 Å². The van der Waals surface area contributed by atoms with Gasteiger partial charge in [-0.2, -0.15) is 0 Å². The molecule has 0 spiro atoms. The maximum Gasteiger partial charge on any atom is 0.328 e. The molecule has 4 rings (SSSR count). The summed E-state index contributed by atoms with van der Waals surface area (Å²) < 4.78 is 24.6. The van der Waals surface area contributed by atoms with Crippen LogP contribution in [0.5, 0.6) is 5.75 Å². The molecule has 0 radical (unpaired) electrons. The van der Waals surface area contributed by atoms with Crippen molar-refractivity contribution in [3.05, 3.63) is 59.3 Å². The summed E-state index contributed by atoms with van der Waals surface area (Å²) in [7, 11) is 4.01. The standard InChI is InChI=1S/C24H23BClFN6O5/c1-37-19-10-29-20(14-7-12(26)3-4-16(14)27)32-21(19)31-17-5-6-28-9-15(17)22(34)30-13-8-18(23(35)38-2)33(11-13)24(25)36/h3-7,9-10,13,18H,8,11,25H2,1-2H3,(H,30,34)(H,28,29,31,32)/t13-,18?/m1/s1. The minimum absolute atomic E-state index is 0.0532. The maximum absolute atomic E-state index is 14.4. The van der Waals surface area contributed by atoms with Crippen LogP contribution in [-0.4, -0.2) is 78.2 Å². The van der Waals surface area contributed by atoms with Crippen molar-refractivity contribution in [2.24, 2.45) is 0 Å². The van der Waals surface area contributed by atoms with Gasteiger partial charge < -0.3 is 25.0 Å². The predicted molar refractivity (Wildman–Crippen MR) is 139 cm³/mol. The minimum Gasteiger partial charge on any atom is -0.491 e. The number of hydrogen-bond acceptors (Lipinski definition) is 9. The number of ether oxygens (including phenoxy) is 2. The van der Waals surface area contributed by atoms with Crippen LogP contribution in [0, 0.1) is 5.82 Å². The number of halogens is 2. The zero-order chi connectivity index (χ0) is 27.4. The van der Waals surface area contributed by atoms with Crippen molar-refractivity contribution in [2.75, 3.05) is 26.1 Å². The van der Waals surface area contributed by atoms with Gasteiger partial charge in [0.05, 0.1) is 37.2 Å². The van der Waals surface area contributed by atoms with E-state index in [1.54, 1.807) is 6.07 Å². The van der Waals surface area contributed by atoms with E-state index in [0.29, 0.717) is 10.7 Å². The summed E-state index contributed by atoms with van der Waals surface area (Å²) in [5.74, 6) is -1.44. The van der Waals surface area contributed by atoms with Gasteiger partial charge in [0, 0.05) is 36.4 Å². The molecule has 38 heavy (non-hydrogen) atoms. The Kier molecular flexibility index (Phi) is 8.06. The molecule has 2 amide bonds. The van der Waals surface area contributed by atoms with Crippen molar-refractivity contribution in [3.63, 3.8) is 0 Å². The summed E-state index contributed by atoms with van der Waals surface area (Å²) in [5, 5.41) is 6.19. The van der Waals surface area contributed by atoms with Gasteiger partial charge in [-0.05, 0) is 24.3 Å². The Labute approximate surface area is 223 Å². The van der Waals surface area contributed by atoms with Crippen molar-refractivity contribution in [3.8, 4) is 17.1 Å². The fourth-order valence-corrected chi connectivity index (χ4v) is 4.30. The average molecular weight is 541 g/mol. The number of aromatic nitrogens is 3. The number of benzene rings is 1. The van der Waals surface area contributed by atoms with E-state index in [2.05, 4.69) is 25.6 Å². The molecule has 1 aliphatic rings. The summed E-state index contributed by atoms with van der Waals surface area (Å²) in [6.07, 6.45) is 4.41. The lowest BCUT2D eigenvalue weighted by Crippen LogP contribution is -2.41. The van der Waals surface area contributed by atoms with Gasteiger partial charge in [0.1, 0.15) is 11.9 Å². The second-order valence-corrected chi connectivity index (χ2v) is 8.83. The van der Waals surface area contributed by atoms with Crippen molar-refractivity contribution in [1.29, 1.82) is 0 Å². The highest BCUT2D eigenvalue weighted by Crippen LogP contribution is 2.31. The van der Waals surface area contributed by atoms with Crippen LogP contribution in [0.15, 0.2) is 42.9 Å². The number of hydrogen-bond donors (Lipinski definition) is 2. The molecule has 1 unspecified atom stereocenters. The number of esters is 1. The van der Waals surface area contributed by atoms with Gasteiger partial charge in [-0.15, -0.1) is 0 Å². The number of carbonyl (C=O) groups is 3. The quantitative estimate of drug-likeness (QED) is 0.341. The monoisotopic (exact) mass is 540 g/mol. The third kappa shape index (κ3) is 5.67. The maximum atomic E-state index is 14.4. The first kappa shape index (κ1) is 26.8. The van der Waals surface area contributed by atoms with Crippen LogP contribution in [0.4, 0.5) is 20.7 Å². The third-order valence-corrected chi connectivity index (χ3v) is 6.21. The van der Waals surface area contributed by atoms with Gasteiger partial charge in [-0.25, -0.2) is 19.2 Å². The molecule has 3 aromatic rings. The summed E-state index contributed by atoms with van der Waals surface area (Å²) >= 11 is 6.02. The first-order valence-corrected chi connectivity index (χ1v) is 11.8. The molecule has 3 heterocycles. The molecule has 1 aliphatic heterocycles. The highest BCUT2D eigenvalue weighted by Gasteiger charge is 2.39. The Morgan fingerprint density at radius 1 is 1.21 bits per heavy atom. The number of anilines is 2. The normalized spacial score (nSPS) is 16.6. The largest absolute Gasteiger partial charge is 0.491 e. The molecule has 0 aliphatic carbocycles. The predicted octanol–water partition coefficient (Wildman–Crippen LogP) is 2.18. The Morgan fingerprint density at radius 2 is 2.00 bits per heavy atom. The number of likely N-dealkylation sites (tertiary alicyclic amines) is 1. The number of rotatable bonds is 7. The molecule has 1 saturated heterocycles. The Bertz CT molecular complexity index is 1400. The van der Waals surface area contributed by atoms with Crippen molar-refractivity contribution < 1.29 is 28.2 Å². The van der Waals surface area contributed by atoms with Gasteiger partial charge in [0.15, 0.2) is 23.2 Å². The van der Waals surface area contributed by atoms with Crippen LogP contribution < -0.4 is 15.4 Å². The lowest BCUT2D eigenvalue weighted by Gasteiger charge is -2.21. The van der Waals surface area contributed by atoms with Gasteiger partial charge in [0.2, 0.25) is 7.85 Å². The molecule has 0 bridgehead atoms.